The molecule has 0 spiro atoms. The molecular formula is C20H28N2O2. The van der Waals surface area contributed by atoms with Gasteiger partial charge >= 0.3 is 0 Å². The van der Waals surface area contributed by atoms with Crippen molar-refractivity contribution in [3.8, 4) is 11.5 Å². The molecule has 0 aliphatic carbocycles. The predicted octanol–water partition coefficient (Wildman–Crippen LogP) is 3.61. The molecule has 0 amide bonds. The van der Waals surface area contributed by atoms with Crippen LogP contribution in [0.5, 0.6) is 11.5 Å². The Bertz CT molecular complexity index is 629. The van der Waals surface area contributed by atoms with Crippen molar-refractivity contribution >= 4 is 0 Å². The van der Waals surface area contributed by atoms with Gasteiger partial charge in [-0.2, -0.15) is 0 Å². The number of nitrogens with two attached hydrogens (primary N) is 1. The molecule has 0 aliphatic heterocycles. The van der Waals surface area contributed by atoms with Gasteiger partial charge in [-0.1, -0.05) is 36.4 Å². The number of ether oxygens (including phenoxy) is 2. The van der Waals surface area contributed by atoms with Crippen LogP contribution in [0.25, 0.3) is 0 Å². The second-order valence-corrected chi connectivity index (χ2v) is 6.11. The molecule has 2 aromatic rings. The second-order valence-electron chi connectivity index (χ2n) is 6.11. The molecule has 4 nitrogen and oxygen atoms in total. The molecular weight excluding hydrogens is 300 g/mol. The monoisotopic (exact) mass is 328 g/mol. The number of methoxy groups -OCH3 is 2. The highest BCUT2D eigenvalue weighted by Gasteiger charge is 2.25. The van der Waals surface area contributed by atoms with Crippen molar-refractivity contribution in [1.29, 1.82) is 0 Å². The first-order chi connectivity index (χ1) is 11.6. The van der Waals surface area contributed by atoms with Crippen molar-refractivity contribution in [2.24, 2.45) is 5.73 Å². The van der Waals surface area contributed by atoms with Gasteiger partial charge in [0, 0.05) is 30.8 Å². The molecule has 1 unspecified atom stereocenters. The Morgan fingerprint density at radius 2 is 1.71 bits per heavy atom. The smallest absolute Gasteiger partial charge is 0.127 e. The summed E-state index contributed by atoms with van der Waals surface area (Å²) in [6.07, 6.45) is 0. The summed E-state index contributed by atoms with van der Waals surface area (Å²) >= 11 is 0. The molecule has 0 radical (unpaired) electrons. The van der Waals surface area contributed by atoms with E-state index in [0.29, 0.717) is 12.6 Å². The van der Waals surface area contributed by atoms with E-state index in [1.165, 1.54) is 5.56 Å². The van der Waals surface area contributed by atoms with Crippen LogP contribution in [0.2, 0.25) is 0 Å². The van der Waals surface area contributed by atoms with Crippen LogP contribution in [-0.2, 0) is 6.54 Å². The van der Waals surface area contributed by atoms with E-state index in [4.69, 9.17) is 15.2 Å². The lowest BCUT2D eigenvalue weighted by Crippen LogP contribution is -2.38. The zero-order valence-electron chi connectivity index (χ0n) is 15.0. The number of nitrogens with zero attached hydrogens (tertiary/aromatic N) is 1. The lowest BCUT2D eigenvalue weighted by molar-refractivity contribution is 0.145. The first-order valence-corrected chi connectivity index (χ1v) is 8.32. The molecule has 2 N–H and O–H groups in total. The number of rotatable bonds is 8. The second kappa shape index (κ2) is 8.71. The van der Waals surface area contributed by atoms with Gasteiger partial charge in [0.05, 0.1) is 20.3 Å². The number of hydrogen-bond acceptors (Lipinski definition) is 4. The van der Waals surface area contributed by atoms with Crippen LogP contribution in [0.15, 0.2) is 48.5 Å². The van der Waals surface area contributed by atoms with E-state index in [-0.39, 0.29) is 6.04 Å². The Morgan fingerprint density at radius 1 is 1.00 bits per heavy atom. The third-order valence-electron chi connectivity index (χ3n) is 4.29. The van der Waals surface area contributed by atoms with Gasteiger partial charge in [0.1, 0.15) is 11.5 Å². The lowest BCUT2D eigenvalue weighted by Gasteiger charge is -2.35. The van der Waals surface area contributed by atoms with Gasteiger partial charge in [-0.25, -0.2) is 0 Å². The summed E-state index contributed by atoms with van der Waals surface area (Å²) in [6, 6.07) is 16.8. The third-order valence-corrected chi connectivity index (χ3v) is 4.29. The molecule has 2 rings (SSSR count). The van der Waals surface area contributed by atoms with E-state index in [2.05, 4.69) is 49.1 Å². The Hall–Kier alpha value is -2.04. The molecule has 0 saturated carbocycles. The fraction of sp³-hybridized carbons (Fsp3) is 0.400. The van der Waals surface area contributed by atoms with Crippen molar-refractivity contribution in [2.45, 2.75) is 32.5 Å². The van der Waals surface area contributed by atoms with Crippen molar-refractivity contribution in [2.75, 3.05) is 20.8 Å². The highest BCUT2D eigenvalue weighted by Crippen LogP contribution is 2.33. The van der Waals surface area contributed by atoms with Crippen molar-refractivity contribution in [3.05, 3.63) is 59.7 Å². The molecule has 0 saturated heterocycles. The maximum absolute atomic E-state index is 6.16. The summed E-state index contributed by atoms with van der Waals surface area (Å²) in [5, 5.41) is 0. The summed E-state index contributed by atoms with van der Waals surface area (Å²) in [4.78, 5) is 2.40. The average molecular weight is 328 g/mol. The summed E-state index contributed by atoms with van der Waals surface area (Å²) < 4.78 is 10.9. The topological polar surface area (TPSA) is 47.7 Å². The highest BCUT2D eigenvalue weighted by molar-refractivity contribution is 5.43. The molecule has 130 valence electrons. The standard InChI is InChI=1S/C20H28N2O2/c1-15(2)22(14-16-8-6-5-7-9-16)19(13-21)18-11-10-17(23-3)12-20(18)24-4/h5-12,15,19H,13-14,21H2,1-4H3. The van der Waals surface area contributed by atoms with E-state index < -0.39 is 0 Å². The minimum atomic E-state index is 0.0751. The van der Waals surface area contributed by atoms with Crippen LogP contribution in [0, 0.1) is 0 Å². The van der Waals surface area contributed by atoms with Gasteiger partial charge in [0.2, 0.25) is 0 Å². The third kappa shape index (κ3) is 4.28. The number of hydrogen-bond donors (Lipinski definition) is 1. The molecule has 0 heterocycles. The maximum atomic E-state index is 6.16. The van der Waals surface area contributed by atoms with E-state index >= 15 is 0 Å². The molecule has 0 bridgehead atoms. The Kier molecular flexibility index (Phi) is 6.64. The first kappa shape index (κ1) is 18.3. The van der Waals surface area contributed by atoms with Gasteiger partial charge in [-0.15, -0.1) is 0 Å². The van der Waals surface area contributed by atoms with E-state index in [0.717, 1.165) is 23.6 Å². The molecule has 0 aliphatic rings. The van der Waals surface area contributed by atoms with Crippen molar-refractivity contribution in [3.63, 3.8) is 0 Å². The zero-order chi connectivity index (χ0) is 17.5. The van der Waals surface area contributed by atoms with Gasteiger partial charge < -0.3 is 15.2 Å². The minimum absolute atomic E-state index is 0.0751. The number of benzene rings is 2. The minimum Gasteiger partial charge on any atom is -0.497 e. The highest BCUT2D eigenvalue weighted by atomic mass is 16.5. The van der Waals surface area contributed by atoms with Gasteiger partial charge in [-0.3, -0.25) is 4.90 Å². The van der Waals surface area contributed by atoms with E-state index in [1.807, 2.05) is 18.2 Å². The quantitative estimate of drug-likeness (QED) is 0.804. The average Bonchev–Trinajstić information content (AvgIpc) is 2.62. The van der Waals surface area contributed by atoms with Gasteiger partial charge in [0.15, 0.2) is 0 Å². The normalized spacial score (nSPS) is 12.5. The lowest BCUT2D eigenvalue weighted by atomic mass is 10.0. The Balaban J connectivity index is 2.36. The van der Waals surface area contributed by atoms with Crippen LogP contribution in [0.1, 0.15) is 31.0 Å². The molecule has 24 heavy (non-hydrogen) atoms. The van der Waals surface area contributed by atoms with Gasteiger partial charge in [-0.05, 0) is 25.5 Å². The summed E-state index contributed by atoms with van der Waals surface area (Å²) in [5.74, 6) is 1.59. The first-order valence-electron chi connectivity index (χ1n) is 8.32. The van der Waals surface area contributed by atoms with Crippen LogP contribution < -0.4 is 15.2 Å². The Morgan fingerprint density at radius 3 is 2.25 bits per heavy atom. The summed E-state index contributed by atoms with van der Waals surface area (Å²) in [7, 11) is 3.34. The maximum Gasteiger partial charge on any atom is 0.127 e. The molecule has 1 atom stereocenters. The van der Waals surface area contributed by atoms with Crippen LogP contribution in [0.3, 0.4) is 0 Å². The fourth-order valence-electron chi connectivity index (χ4n) is 2.98. The van der Waals surface area contributed by atoms with Crippen LogP contribution >= 0.6 is 0 Å². The van der Waals surface area contributed by atoms with Crippen LogP contribution in [0.4, 0.5) is 0 Å². The summed E-state index contributed by atoms with van der Waals surface area (Å²) in [5.41, 5.74) is 8.53. The van der Waals surface area contributed by atoms with Crippen molar-refractivity contribution < 1.29 is 9.47 Å². The summed E-state index contributed by atoms with van der Waals surface area (Å²) in [6.45, 7) is 5.76. The predicted molar refractivity (Wildman–Crippen MR) is 98.5 cm³/mol. The van der Waals surface area contributed by atoms with E-state index in [9.17, 15) is 0 Å². The Labute approximate surface area is 145 Å². The molecule has 2 aromatic carbocycles. The fourth-order valence-corrected chi connectivity index (χ4v) is 2.98. The SMILES string of the molecule is COc1ccc(C(CN)N(Cc2ccccc2)C(C)C)c(OC)c1. The molecule has 4 heteroatoms. The zero-order valence-corrected chi connectivity index (χ0v) is 15.0. The van der Waals surface area contributed by atoms with Gasteiger partial charge in [0.25, 0.3) is 0 Å². The van der Waals surface area contributed by atoms with Crippen molar-refractivity contribution in [1.82, 2.24) is 4.90 Å². The van der Waals surface area contributed by atoms with Crippen LogP contribution in [-0.4, -0.2) is 31.7 Å². The molecule has 0 fully saturated rings. The molecule has 0 aromatic heterocycles. The van der Waals surface area contributed by atoms with E-state index in [1.54, 1.807) is 14.2 Å². The largest absolute Gasteiger partial charge is 0.497 e.